The summed E-state index contributed by atoms with van der Waals surface area (Å²) in [6, 6.07) is 6.48. The number of alkyl halides is 2. The number of carbonyl (C=O) groups excluding carboxylic acids is 1. The van der Waals surface area contributed by atoms with Gasteiger partial charge in [0.25, 0.3) is 6.43 Å². The van der Waals surface area contributed by atoms with Crippen LogP contribution < -0.4 is 10.1 Å². The first kappa shape index (κ1) is 30.8. The molecule has 3 aromatic heterocycles. The topological polar surface area (TPSA) is 103 Å². The van der Waals surface area contributed by atoms with E-state index in [0.29, 0.717) is 37.3 Å². The average molecular weight is 630 g/mol. The van der Waals surface area contributed by atoms with E-state index in [-0.39, 0.29) is 34.3 Å². The molecule has 16 heteroatoms. The molecule has 3 saturated heterocycles. The largest absolute Gasteiger partial charge is 0.471 e. The molecule has 10 nitrogen and oxygen atoms in total. The van der Waals surface area contributed by atoms with Gasteiger partial charge in [-0.05, 0) is 29.9 Å². The highest BCUT2D eigenvalue weighted by Crippen LogP contribution is 2.37. The summed E-state index contributed by atoms with van der Waals surface area (Å²) >= 11 is 0. The van der Waals surface area contributed by atoms with Gasteiger partial charge in [0, 0.05) is 60.2 Å². The first-order chi connectivity index (χ1) is 22.0. The minimum atomic E-state index is -3.15. The van der Waals surface area contributed by atoms with Gasteiger partial charge in [-0.3, -0.25) is 14.7 Å². The van der Waals surface area contributed by atoms with Crippen molar-refractivity contribution in [1.29, 1.82) is 0 Å². The summed E-state index contributed by atoms with van der Waals surface area (Å²) in [4.78, 5) is 24.8. The lowest BCUT2D eigenvalue weighted by atomic mass is 9.49. The molecule has 46 heavy (non-hydrogen) atoms. The van der Waals surface area contributed by atoms with Crippen LogP contribution in [0.4, 0.5) is 13.2 Å². The molecule has 0 spiro atoms. The maximum atomic E-state index is 15.7. The van der Waals surface area contributed by atoms with E-state index in [1.54, 1.807) is 35.9 Å². The molecule has 1 amide bonds. The molecule has 3 atom stereocenters. The maximum Gasteiger partial charge on any atom is 0.266 e. The van der Waals surface area contributed by atoms with Crippen molar-refractivity contribution < 1.29 is 32.2 Å². The molecule has 1 N–H and O–H groups in total. The van der Waals surface area contributed by atoms with Crippen LogP contribution in [0.5, 0.6) is 5.88 Å². The van der Waals surface area contributed by atoms with Gasteiger partial charge in [-0.15, -0.1) is 0 Å². The number of nitrogens with zero attached hydrogens (tertiary/aromatic N) is 5. The van der Waals surface area contributed by atoms with Gasteiger partial charge in [0.1, 0.15) is 35.5 Å². The van der Waals surface area contributed by atoms with E-state index in [2.05, 4.69) is 15.3 Å². The Hall–Kier alpha value is -3.88. The summed E-state index contributed by atoms with van der Waals surface area (Å²) in [6.07, 6.45) is 3.43. The number of ether oxygens (including phenoxy) is 3. The number of hydrogen-bond donors (Lipinski definition) is 1. The fourth-order valence-corrected chi connectivity index (χ4v) is 6.24. The number of benzene rings is 1. The van der Waals surface area contributed by atoms with Crippen molar-refractivity contribution in [2.45, 2.75) is 49.3 Å². The van der Waals surface area contributed by atoms with Crippen LogP contribution in [-0.2, 0) is 16.0 Å². The van der Waals surface area contributed by atoms with E-state index in [0.717, 1.165) is 43.4 Å². The lowest BCUT2D eigenvalue weighted by Crippen LogP contribution is -2.50. The molecule has 2 bridgehead atoms. The van der Waals surface area contributed by atoms with Crippen LogP contribution in [0.15, 0.2) is 42.9 Å². The number of halogens is 3. The van der Waals surface area contributed by atoms with Gasteiger partial charge in [0.2, 0.25) is 11.8 Å². The standard InChI is InChI=1S/C30H32B3F3N6O4/c31-30(32,33)40-28(43)16-5-21(25(34)22(6-16)26(35)36)23-9-38-42-12-24(29(39-27(23)42)46-19-3-4-44-14-19)15-1-2-17(37-8-15)10-41-11-20-7-18(41)13-45-20/h1-2,5-6,8-9,12,18-20,26H,3-4,7,10-11,13-14,31-33H2,(H,40,43)/t18-,19+,20-/m1/s1. The third kappa shape index (κ3) is 6.13. The molecule has 0 unspecified atom stereocenters. The number of morpholine rings is 1. The van der Waals surface area contributed by atoms with E-state index in [1.807, 2.05) is 12.1 Å². The molecule has 1 aromatic carbocycles. The van der Waals surface area contributed by atoms with Crippen molar-refractivity contribution in [2.75, 3.05) is 26.4 Å². The van der Waals surface area contributed by atoms with Crippen LogP contribution in [0.3, 0.4) is 0 Å². The minimum absolute atomic E-state index is 0.0994. The van der Waals surface area contributed by atoms with E-state index >= 15 is 4.39 Å². The average Bonchev–Trinajstić information content (AvgIpc) is 3.83. The van der Waals surface area contributed by atoms with Gasteiger partial charge in [-0.25, -0.2) is 17.7 Å². The molecule has 0 radical (unpaired) electrons. The molecular formula is C30H32B3F3N6O4. The van der Waals surface area contributed by atoms with Gasteiger partial charge < -0.3 is 19.5 Å². The molecule has 3 aliphatic heterocycles. The molecule has 4 aromatic rings. The normalized spacial score (nSPS) is 21.4. The van der Waals surface area contributed by atoms with Gasteiger partial charge in [-0.2, -0.15) is 10.1 Å². The third-order valence-corrected chi connectivity index (χ3v) is 8.52. The van der Waals surface area contributed by atoms with Crippen LogP contribution in [0.1, 0.15) is 40.9 Å². The van der Waals surface area contributed by atoms with Gasteiger partial charge in [-0.1, -0.05) is 6.07 Å². The number of pyridine rings is 1. The number of aromatic nitrogens is 4. The van der Waals surface area contributed by atoms with Crippen molar-refractivity contribution in [3.63, 3.8) is 0 Å². The molecule has 236 valence electrons. The van der Waals surface area contributed by atoms with E-state index in [9.17, 15) is 13.6 Å². The van der Waals surface area contributed by atoms with Crippen molar-refractivity contribution in [1.82, 2.24) is 29.8 Å². The summed E-state index contributed by atoms with van der Waals surface area (Å²) in [7, 11) is 5.30. The van der Waals surface area contributed by atoms with Crippen LogP contribution in [0, 0.1) is 5.82 Å². The number of amides is 1. The van der Waals surface area contributed by atoms with Crippen molar-refractivity contribution in [3.05, 3.63) is 65.5 Å². The second kappa shape index (κ2) is 12.1. The monoisotopic (exact) mass is 630 g/mol. The summed E-state index contributed by atoms with van der Waals surface area (Å²) < 4.78 is 62.6. The number of rotatable bonds is 9. The first-order valence-corrected chi connectivity index (χ1v) is 15.4. The Morgan fingerprint density at radius 3 is 2.65 bits per heavy atom. The maximum absolute atomic E-state index is 15.7. The molecule has 7 rings (SSSR count). The Bertz CT molecular complexity index is 1780. The molecule has 0 saturated carbocycles. The predicted octanol–water partition coefficient (Wildman–Crippen LogP) is 0.916. The molecule has 3 aliphatic rings. The Morgan fingerprint density at radius 2 is 2.00 bits per heavy atom. The summed E-state index contributed by atoms with van der Waals surface area (Å²) in [6.45, 7) is 3.32. The third-order valence-electron chi connectivity index (χ3n) is 8.52. The molecular weight excluding hydrogens is 598 g/mol. The Balaban J connectivity index is 1.27. The van der Waals surface area contributed by atoms with Crippen molar-refractivity contribution in [2.24, 2.45) is 0 Å². The lowest BCUT2D eigenvalue weighted by Gasteiger charge is -2.26. The van der Waals surface area contributed by atoms with Gasteiger partial charge >= 0.3 is 0 Å². The van der Waals surface area contributed by atoms with E-state index < -0.39 is 29.0 Å². The highest BCUT2D eigenvalue weighted by atomic mass is 19.3. The number of likely N-dealkylation sites (tertiary alicyclic amines) is 1. The first-order valence-electron chi connectivity index (χ1n) is 15.4. The second-order valence-corrected chi connectivity index (χ2v) is 13.1. The zero-order chi connectivity index (χ0) is 32.2. The number of hydrogen-bond acceptors (Lipinski definition) is 8. The number of carbonyl (C=O) groups is 1. The summed E-state index contributed by atoms with van der Waals surface area (Å²) in [5, 5.41) is 6.51. The Kier molecular flexibility index (Phi) is 8.06. The highest BCUT2D eigenvalue weighted by molar-refractivity contribution is 6.60. The van der Waals surface area contributed by atoms with E-state index in [1.165, 1.54) is 16.8 Å². The van der Waals surface area contributed by atoms with Crippen LogP contribution in [0.25, 0.3) is 27.9 Å². The van der Waals surface area contributed by atoms with Crippen LogP contribution in [0.2, 0.25) is 0 Å². The fraction of sp³-hybridized carbons (Fsp3) is 0.400. The highest BCUT2D eigenvalue weighted by Gasteiger charge is 2.38. The second-order valence-electron chi connectivity index (χ2n) is 13.1. The fourth-order valence-electron chi connectivity index (χ4n) is 6.24. The zero-order valence-electron chi connectivity index (χ0n) is 25.8. The van der Waals surface area contributed by atoms with Gasteiger partial charge in [0.15, 0.2) is 5.65 Å². The van der Waals surface area contributed by atoms with Crippen molar-refractivity contribution >= 4 is 35.1 Å². The lowest BCUT2D eigenvalue weighted by molar-refractivity contribution is 0.0268. The zero-order valence-corrected chi connectivity index (χ0v) is 25.8. The molecule has 3 fully saturated rings. The number of fused-ring (bicyclic) bond motifs is 3. The van der Waals surface area contributed by atoms with Crippen LogP contribution in [-0.4, -0.2) is 104 Å². The number of nitrogens with one attached hydrogen (secondary N) is 1. The summed E-state index contributed by atoms with van der Waals surface area (Å²) in [5.41, 5.74) is 1.40. The predicted molar refractivity (Wildman–Crippen MR) is 171 cm³/mol. The SMILES string of the molecule is BC(B)(B)NC(=O)c1cc(-c2cnn3cc(-c4ccc(CN5C[C@H]6C[C@@H]5CO6)nc4)c(O[C@H]4CCOC4)nc23)c(F)c(C(F)F)c1. The smallest absolute Gasteiger partial charge is 0.266 e. The molecule has 0 aliphatic carbocycles. The summed E-state index contributed by atoms with van der Waals surface area (Å²) in [5.74, 6) is -1.49. The van der Waals surface area contributed by atoms with E-state index in [4.69, 9.17) is 24.2 Å². The minimum Gasteiger partial charge on any atom is -0.471 e. The molecule has 6 heterocycles. The van der Waals surface area contributed by atoms with Crippen molar-refractivity contribution in [3.8, 4) is 28.1 Å². The van der Waals surface area contributed by atoms with Crippen LogP contribution >= 0.6 is 0 Å². The Labute approximate surface area is 266 Å². The van der Waals surface area contributed by atoms with Gasteiger partial charge in [0.05, 0.1) is 48.9 Å². The Morgan fingerprint density at radius 1 is 1.15 bits per heavy atom. The quantitative estimate of drug-likeness (QED) is 0.273.